The maximum absolute atomic E-state index is 6.07. The smallest absolute Gasteiger partial charge is 0.225 e. The second-order valence-corrected chi connectivity index (χ2v) is 5.42. The number of hydrogen-bond donors (Lipinski definition) is 0. The topological polar surface area (TPSA) is 30.7 Å². The monoisotopic (exact) mass is 255 g/mol. The Kier molecular flexibility index (Phi) is 4.84. The summed E-state index contributed by atoms with van der Waals surface area (Å²) < 4.78 is 2.08. The zero-order valence-electron chi connectivity index (χ0n) is 10.7. The lowest BCUT2D eigenvalue weighted by molar-refractivity contribution is 0.454. The van der Waals surface area contributed by atoms with Crippen molar-refractivity contribution in [3.63, 3.8) is 0 Å². The first-order valence-electron chi connectivity index (χ1n) is 6.89. The molecule has 0 N–H and O–H groups in total. The molecule has 3 nitrogen and oxygen atoms in total. The van der Waals surface area contributed by atoms with Crippen molar-refractivity contribution in [2.75, 3.05) is 0 Å². The highest BCUT2D eigenvalue weighted by Gasteiger charge is 2.15. The van der Waals surface area contributed by atoms with Crippen molar-refractivity contribution in [1.29, 1.82) is 0 Å². The van der Waals surface area contributed by atoms with Crippen LogP contribution in [0.15, 0.2) is 0 Å². The van der Waals surface area contributed by atoms with Crippen LogP contribution in [0.4, 0.5) is 0 Å². The molecule has 1 aromatic heterocycles. The van der Waals surface area contributed by atoms with Gasteiger partial charge in [-0.2, -0.15) is 0 Å². The van der Waals surface area contributed by atoms with Crippen LogP contribution in [-0.4, -0.2) is 14.8 Å². The van der Waals surface area contributed by atoms with Gasteiger partial charge in [0, 0.05) is 13.0 Å². The van der Waals surface area contributed by atoms with Gasteiger partial charge < -0.3 is 4.57 Å². The highest BCUT2D eigenvalue weighted by Crippen LogP contribution is 2.28. The first-order valence-corrected chi connectivity index (χ1v) is 7.26. The molecule has 0 saturated heterocycles. The van der Waals surface area contributed by atoms with Gasteiger partial charge in [0.05, 0.1) is 0 Å². The standard InChI is InChI=1S/C13H22ClN3/c1-2-6-12-15-16-13(14)17(12)10-5-9-11-7-3-4-8-11/h11H,2-10H2,1H3. The van der Waals surface area contributed by atoms with E-state index in [1.165, 1.54) is 38.5 Å². The maximum atomic E-state index is 6.07. The summed E-state index contributed by atoms with van der Waals surface area (Å²) in [6.45, 7) is 3.14. The molecule has 0 atom stereocenters. The third kappa shape index (κ3) is 3.44. The Hall–Kier alpha value is -0.570. The molecule has 4 heteroatoms. The van der Waals surface area contributed by atoms with Gasteiger partial charge in [0.25, 0.3) is 0 Å². The Morgan fingerprint density at radius 3 is 2.76 bits per heavy atom. The molecule has 0 bridgehead atoms. The average Bonchev–Trinajstić information content (AvgIpc) is 2.93. The predicted molar refractivity (Wildman–Crippen MR) is 70.2 cm³/mol. The van der Waals surface area contributed by atoms with E-state index in [2.05, 4.69) is 21.7 Å². The van der Waals surface area contributed by atoms with Crippen molar-refractivity contribution in [2.24, 2.45) is 5.92 Å². The summed E-state index contributed by atoms with van der Waals surface area (Å²) >= 11 is 6.07. The Bertz CT molecular complexity index is 342. The lowest BCUT2D eigenvalue weighted by Gasteiger charge is -2.10. The first-order chi connectivity index (χ1) is 8.31. The van der Waals surface area contributed by atoms with Crippen molar-refractivity contribution in [3.05, 3.63) is 11.1 Å². The molecule has 96 valence electrons. The van der Waals surface area contributed by atoms with Crippen LogP contribution in [0, 0.1) is 5.92 Å². The fraction of sp³-hybridized carbons (Fsp3) is 0.846. The minimum absolute atomic E-state index is 0.555. The fourth-order valence-corrected chi connectivity index (χ4v) is 3.00. The van der Waals surface area contributed by atoms with E-state index >= 15 is 0 Å². The lowest BCUT2D eigenvalue weighted by Crippen LogP contribution is -2.06. The zero-order chi connectivity index (χ0) is 12.1. The molecule has 17 heavy (non-hydrogen) atoms. The summed E-state index contributed by atoms with van der Waals surface area (Å²) in [5.41, 5.74) is 0. The van der Waals surface area contributed by atoms with Crippen LogP contribution in [0.5, 0.6) is 0 Å². The van der Waals surface area contributed by atoms with Crippen LogP contribution in [0.2, 0.25) is 5.28 Å². The van der Waals surface area contributed by atoms with Crippen LogP contribution < -0.4 is 0 Å². The Morgan fingerprint density at radius 2 is 2.06 bits per heavy atom. The summed E-state index contributed by atoms with van der Waals surface area (Å²) in [6, 6.07) is 0. The third-order valence-electron chi connectivity index (χ3n) is 3.72. The highest BCUT2D eigenvalue weighted by atomic mass is 35.5. The third-order valence-corrected chi connectivity index (χ3v) is 4.00. The van der Waals surface area contributed by atoms with E-state index in [0.717, 1.165) is 31.1 Å². The van der Waals surface area contributed by atoms with E-state index in [0.29, 0.717) is 5.28 Å². The molecule has 1 aromatic rings. The minimum atomic E-state index is 0.555. The molecule has 0 spiro atoms. The van der Waals surface area contributed by atoms with Crippen LogP contribution >= 0.6 is 11.6 Å². The van der Waals surface area contributed by atoms with E-state index in [4.69, 9.17) is 11.6 Å². The maximum Gasteiger partial charge on any atom is 0.225 e. The molecule has 1 fully saturated rings. The lowest BCUT2D eigenvalue weighted by atomic mass is 10.0. The minimum Gasteiger partial charge on any atom is -0.302 e. The number of hydrogen-bond acceptors (Lipinski definition) is 2. The number of nitrogens with zero attached hydrogens (tertiary/aromatic N) is 3. The normalized spacial score (nSPS) is 16.8. The van der Waals surface area contributed by atoms with E-state index < -0.39 is 0 Å². The fourth-order valence-electron chi connectivity index (χ4n) is 2.78. The van der Waals surface area contributed by atoms with Gasteiger partial charge in [0.1, 0.15) is 5.82 Å². The summed E-state index contributed by atoms with van der Waals surface area (Å²) in [5.74, 6) is 2.00. The van der Waals surface area contributed by atoms with Crippen molar-refractivity contribution in [2.45, 2.75) is 64.8 Å². The molecule has 1 aliphatic carbocycles. The highest BCUT2D eigenvalue weighted by molar-refractivity contribution is 6.28. The number of aryl methyl sites for hydroxylation is 1. The summed E-state index contributed by atoms with van der Waals surface area (Å²) in [7, 11) is 0. The largest absolute Gasteiger partial charge is 0.302 e. The van der Waals surface area contributed by atoms with Crippen LogP contribution in [0.1, 0.15) is 57.7 Å². The molecule has 0 radical (unpaired) electrons. The second-order valence-electron chi connectivity index (χ2n) is 5.08. The van der Waals surface area contributed by atoms with Gasteiger partial charge in [-0.25, -0.2) is 0 Å². The quantitative estimate of drug-likeness (QED) is 0.773. The SMILES string of the molecule is CCCc1nnc(Cl)n1CCCC1CCCC1. The predicted octanol–water partition coefficient (Wildman–Crippen LogP) is 3.85. The number of aromatic nitrogens is 3. The van der Waals surface area contributed by atoms with Gasteiger partial charge >= 0.3 is 0 Å². The van der Waals surface area contributed by atoms with Crippen molar-refractivity contribution in [1.82, 2.24) is 14.8 Å². The van der Waals surface area contributed by atoms with Gasteiger partial charge in [-0.1, -0.05) is 32.6 Å². The van der Waals surface area contributed by atoms with Gasteiger partial charge in [-0.3, -0.25) is 0 Å². The van der Waals surface area contributed by atoms with E-state index in [9.17, 15) is 0 Å². The zero-order valence-corrected chi connectivity index (χ0v) is 11.4. The van der Waals surface area contributed by atoms with E-state index in [1.807, 2.05) is 0 Å². The molecule has 1 heterocycles. The molecule has 1 saturated carbocycles. The summed E-state index contributed by atoms with van der Waals surface area (Å²) in [4.78, 5) is 0. The van der Waals surface area contributed by atoms with Gasteiger partial charge in [0.2, 0.25) is 5.28 Å². The molecule has 0 unspecified atom stereocenters. The van der Waals surface area contributed by atoms with E-state index in [1.54, 1.807) is 0 Å². The molecule has 0 amide bonds. The van der Waals surface area contributed by atoms with E-state index in [-0.39, 0.29) is 0 Å². The van der Waals surface area contributed by atoms with Gasteiger partial charge in [-0.15, -0.1) is 10.2 Å². The van der Waals surface area contributed by atoms with Gasteiger partial charge in [-0.05, 0) is 36.8 Å². The Morgan fingerprint density at radius 1 is 1.29 bits per heavy atom. The van der Waals surface area contributed by atoms with Crippen LogP contribution in [-0.2, 0) is 13.0 Å². The summed E-state index contributed by atoms with van der Waals surface area (Å²) in [5, 5.41) is 8.66. The second kappa shape index (κ2) is 6.39. The Labute approximate surface area is 109 Å². The van der Waals surface area contributed by atoms with Crippen molar-refractivity contribution in [3.8, 4) is 0 Å². The number of halogens is 1. The summed E-state index contributed by atoms with van der Waals surface area (Å²) in [6.07, 6.45) is 10.3. The molecule has 0 aliphatic heterocycles. The van der Waals surface area contributed by atoms with Gasteiger partial charge in [0.15, 0.2) is 0 Å². The molecular formula is C13H22ClN3. The van der Waals surface area contributed by atoms with Crippen LogP contribution in [0.3, 0.4) is 0 Å². The average molecular weight is 256 g/mol. The van der Waals surface area contributed by atoms with Crippen molar-refractivity contribution >= 4 is 11.6 Å². The first kappa shape index (κ1) is 12.9. The Balaban J connectivity index is 1.82. The molecular weight excluding hydrogens is 234 g/mol. The number of rotatable bonds is 6. The molecule has 1 aliphatic rings. The van der Waals surface area contributed by atoms with Crippen molar-refractivity contribution < 1.29 is 0 Å². The molecule has 0 aromatic carbocycles. The molecule has 2 rings (SSSR count). The van der Waals surface area contributed by atoms with Crippen LogP contribution in [0.25, 0.3) is 0 Å².